The van der Waals surface area contributed by atoms with Gasteiger partial charge in [-0.25, -0.2) is 36.3 Å². The Morgan fingerprint density at radius 2 is 1.27 bits per heavy atom. The van der Waals surface area contributed by atoms with Gasteiger partial charge in [-0.15, -0.1) is 9.97 Å². The van der Waals surface area contributed by atoms with Crippen LogP contribution in [0.2, 0.25) is 0 Å². The van der Waals surface area contributed by atoms with Gasteiger partial charge in [0.05, 0.1) is 21.9 Å². The Hall–Kier alpha value is -5.85. The number of urea groups is 1. The molecule has 8 rings (SSSR count). The lowest BCUT2D eigenvalue weighted by Crippen LogP contribution is -2.46. The highest BCUT2D eigenvalue weighted by Crippen LogP contribution is 2.40. The lowest BCUT2D eigenvalue weighted by molar-refractivity contribution is 0.240. The summed E-state index contributed by atoms with van der Waals surface area (Å²) in [4.78, 5) is 46.6. The first-order chi connectivity index (χ1) is 30.8. The molecule has 0 saturated carbocycles. The van der Waals surface area contributed by atoms with E-state index in [1.807, 2.05) is 24.3 Å². The third kappa shape index (κ3) is 11.8. The van der Waals surface area contributed by atoms with E-state index in [9.17, 15) is 26.4 Å². The van der Waals surface area contributed by atoms with Gasteiger partial charge in [-0.05, 0) is 161 Å². The molecule has 0 radical (unpaired) electrons. The van der Waals surface area contributed by atoms with Crippen molar-refractivity contribution in [2.75, 3.05) is 44.6 Å². The number of amides is 2. The number of aliphatic imine (C=N–C) groups is 1. The Morgan fingerprint density at radius 3 is 1.78 bits per heavy atom. The lowest BCUT2D eigenvalue weighted by atomic mass is 9.98. The number of piperidine rings is 2. The van der Waals surface area contributed by atoms with E-state index in [1.165, 1.54) is 5.56 Å². The molecule has 18 heteroatoms. The van der Waals surface area contributed by atoms with Crippen LogP contribution in [-0.2, 0) is 50.5 Å². The van der Waals surface area contributed by atoms with Crippen molar-refractivity contribution >= 4 is 55.2 Å². The van der Waals surface area contributed by atoms with Gasteiger partial charge in [-0.1, -0.05) is 51.3 Å². The summed E-state index contributed by atoms with van der Waals surface area (Å²) in [6, 6.07) is 14.3. The van der Waals surface area contributed by atoms with Crippen molar-refractivity contribution in [1.82, 2.24) is 24.5 Å². The van der Waals surface area contributed by atoms with Crippen molar-refractivity contribution in [1.29, 1.82) is 0 Å². The molecule has 4 heterocycles. The number of aromatic nitrogens is 2. The highest BCUT2D eigenvalue weighted by atomic mass is 32.2. The number of carbonyl (C=O) groups is 1. The molecule has 64 heavy (non-hydrogen) atoms. The number of carbonyl (C=O) groups excluding carboxylic acids is 2. The normalized spacial score (nSPS) is 16.6. The van der Waals surface area contributed by atoms with Crippen molar-refractivity contribution in [2.24, 2.45) is 10.1 Å². The molecule has 2 saturated heterocycles. The minimum atomic E-state index is -3.78. The van der Waals surface area contributed by atoms with Crippen LogP contribution < -0.4 is 15.2 Å². The maximum atomic E-state index is 12.8. The number of primary sulfonamides is 1. The van der Waals surface area contributed by atoms with Gasteiger partial charge < -0.3 is 24.8 Å². The van der Waals surface area contributed by atoms with Crippen molar-refractivity contribution < 1.29 is 26.4 Å². The number of pyridine rings is 2. The number of isocyanates is 1. The summed E-state index contributed by atoms with van der Waals surface area (Å²) in [6.07, 6.45) is 13.0. The summed E-state index contributed by atoms with van der Waals surface area (Å²) in [5.41, 5.74) is 9.08. The maximum absolute atomic E-state index is 12.8. The molecular formula is C46H54N10O6S2. The Morgan fingerprint density at radius 1 is 0.766 bits per heavy atom. The number of hydrogen-bond acceptors (Lipinski definition) is 11. The van der Waals surface area contributed by atoms with Gasteiger partial charge in [-0.2, -0.15) is 4.99 Å². The maximum Gasteiger partial charge on any atom is 0.332 e. The van der Waals surface area contributed by atoms with Gasteiger partial charge in [-0.3, -0.25) is 0 Å². The zero-order valence-corrected chi connectivity index (χ0v) is 37.8. The topological polar surface area (TPSA) is 206 Å². The molecule has 336 valence electrons. The van der Waals surface area contributed by atoms with E-state index in [1.54, 1.807) is 36.7 Å². The molecule has 4 N–H and O–H groups in total. The molecule has 0 unspecified atom stereocenters. The van der Waals surface area contributed by atoms with Crippen LogP contribution in [0.25, 0.3) is 31.9 Å². The number of fused-ring (bicyclic) bond motifs is 2. The average molecular weight is 907 g/mol. The Kier molecular flexibility index (Phi) is 16.1. The Labute approximate surface area is 376 Å². The fourth-order valence-electron chi connectivity index (χ4n) is 8.84. The number of sulfonamides is 2. The number of benzene rings is 2. The van der Waals surface area contributed by atoms with E-state index >= 15 is 0 Å². The Balaban J connectivity index is 0.000000180. The van der Waals surface area contributed by atoms with E-state index in [4.69, 9.17) is 18.3 Å². The van der Waals surface area contributed by atoms with Crippen molar-refractivity contribution in [3.05, 3.63) is 106 Å². The average Bonchev–Trinajstić information content (AvgIpc) is 4.00. The summed E-state index contributed by atoms with van der Waals surface area (Å²) in [6.45, 7) is 23.4. The van der Waals surface area contributed by atoms with Gasteiger partial charge in [0.15, 0.2) is 0 Å². The SMILES string of the molecule is CCN1CCC(S(N)(=O)=O)CC1.[C-]#[N+]c1cc(-c2ccc3c(c2N=C=O)CCC3)ccn1.[C-]#[N+]c1cc(-c2ccc3c(c2NC(=O)NS(=O)(=O)C2CCN(CC)CC2)CCC3)ccn1. The monoisotopic (exact) mass is 906 g/mol. The van der Waals surface area contributed by atoms with E-state index in [0.29, 0.717) is 56.0 Å². The van der Waals surface area contributed by atoms with E-state index in [0.717, 1.165) is 104 Å². The Bertz CT molecular complexity index is 2690. The van der Waals surface area contributed by atoms with Crippen LogP contribution in [0.1, 0.15) is 74.6 Å². The first kappa shape index (κ1) is 47.6. The fourth-order valence-corrected chi connectivity index (χ4v) is 11.0. The third-order valence-electron chi connectivity index (χ3n) is 12.4. The largest absolute Gasteiger partial charge is 0.361 e. The molecule has 2 aromatic carbocycles. The molecule has 16 nitrogen and oxygen atoms in total. The summed E-state index contributed by atoms with van der Waals surface area (Å²) in [5.74, 6) is 0.600. The molecule has 4 aromatic rings. The fraction of sp³-hybridized carbons (Fsp3) is 0.435. The number of hydrogen-bond donors (Lipinski definition) is 3. The van der Waals surface area contributed by atoms with Gasteiger partial charge in [0.2, 0.25) is 26.1 Å². The van der Waals surface area contributed by atoms with Crippen LogP contribution >= 0.6 is 0 Å². The van der Waals surface area contributed by atoms with Gasteiger partial charge in [0.25, 0.3) is 11.6 Å². The van der Waals surface area contributed by atoms with Gasteiger partial charge >= 0.3 is 6.03 Å². The molecular weight excluding hydrogens is 853 g/mol. The first-order valence-electron chi connectivity index (χ1n) is 21.6. The molecule has 0 bridgehead atoms. The van der Waals surface area contributed by atoms with Crippen LogP contribution in [0.4, 0.5) is 27.8 Å². The summed E-state index contributed by atoms with van der Waals surface area (Å²) >= 11 is 0. The van der Waals surface area contributed by atoms with E-state index in [2.05, 4.69) is 64.4 Å². The minimum absolute atomic E-state index is 0.263. The van der Waals surface area contributed by atoms with Crippen LogP contribution in [0.15, 0.2) is 65.9 Å². The lowest BCUT2D eigenvalue weighted by Gasteiger charge is -2.30. The summed E-state index contributed by atoms with van der Waals surface area (Å²) < 4.78 is 49.8. The quantitative estimate of drug-likeness (QED) is 0.0872. The van der Waals surface area contributed by atoms with E-state index in [-0.39, 0.29) is 11.1 Å². The predicted octanol–water partition coefficient (Wildman–Crippen LogP) is 7.24. The number of nitrogens with zero attached hydrogens (tertiary/aromatic N) is 7. The van der Waals surface area contributed by atoms with Crippen LogP contribution in [0.5, 0.6) is 0 Å². The number of aryl methyl sites for hydroxylation is 2. The van der Waals surface area contributed by atoms with Gasteiger partial charge in [0, 0.05) is 11.1 Å². The van der Waals surface area contributed by atoms with Crippen molar-refractivity contribution in [3.63, 3.8) is 0 Å². The zero-order chi connectivity index (χ0) is 45.9. The van der Waals surface area contributed by atoms with Crippen LogP contribution in [-0.4, -0.2) is 98.5 Å². The highest BCUT2D eigenvalue weighted by Gasteiger charge is 2.32. The van der Waals surface area contributed by atoms with Crippen molar-refractivity contribution in [2.45, 2.75) is 88.6 Å². The van der Waals surface area contributed by atoms with Crippen molar-refractivity contribution in [3.8, 4) is 22.3 Å². The molecule has 4 aliphatic rings. The standard InChI is InChI=1S/C23H27N5O3S.C16H11N3O.C7H16N2O2S/c1-3-28-13-10-18(11-14-28)32(30,31)27-23(29)26-22-19-6-4-5-16(19)7-8-20(22)17-9-12-25-21(15-17)24-2;1-17-15-9-12(7-8-18-15)14-6-5-11-3-2-4-13(11)16(14)19-10-20;1-2-9-5-3-7(4-6-9)12(8,10)11/h7-9,12,15,18H,3-6,10-11,13-14H2,1H3,(H2,26,27,29);5-9H,2-4H2;7H,2-6H2,1H3,(H2,8,10,11). The molecule has 2 aromatic heterocycles. The molecule has 2 fully saturated rings. The van der Waals surface area contributed by atoms with Crippen LogP contribution in [0.3, 0.4) is 0 Å². The predicted molar refractivity (Wildman–Crippen MR) is 248 cm³/mol. The molecule has 2 aliphatic carbocycles. The third-order valence-corrected chi connectivity index (χ3v) is 15.6. The number of likely N-dealkylation sites (tertiary alicyclic amines) is 2. The molecule has 2 amide bonds. The molecule has 2 aliphatic heterocycles. The van der Waals surface area contributed by atoms with Gasteiger partial charge in [0.1, 0.15) is 12.4 Å². The van der Waals surface area contributed by atoms with Crippen LogP contribution in [0, 0.1) is 13.1 Å². The van der Waals surface area contributed by atoms with E-state index < -0.39 is 31.3 Å². The minimum Gasteiger partial charge on any atom is -0.361 e. The second-order valence-electron chi connectivity index (χ2n) is 16.1. The first-order valence-corrected chi connectivity index (χ1v) is 24.8. The number of nitrogens with two attached hydrogens (primary N) is 1. The molecule has 0 spiro atoms. The molecule has 0 atom stereocenters. The number of anilines is 1. The smallest absolute Gasteiger partial charge is 0.332 e. The summed E-state index contributed by atoms with van der Waals surface area (Å²) in [5, 5.41) is 7.00. The highest BCUT2D eigenvalue weighted by molar-refractivity contribution is 7.90. The number of rotatable bonds is 9. The second-order valence-corrected chi connectivity index (χ2v) is 19.9. The second kappa shape index (κ2) is 21.7. The zero-order valence-electron chi connectivity index (χ0n) is 36.2. The number of nitrogens with one attached hydrogen (secondary N) is 2. The summed E-state index contributed by atoms with van der Waals surface area (Å²) in [7, 11) is -7.06.